The van der Waals surface area contributed by atoms with E-state index in [0.29, 0.717) is 29.4 Å². The first-order valence-corrected chi connectivity index (χ1v) is 6.89. The van der Waals surface area contributed by atoms with Crippen molar-refractivity contribution in [3.63, 3.8) is 0 Å². The van der Waals surface area contributed by atoms with Crippen LogP contribution in [0.5, 0.6) is 0 Å². The number of aromatic nitrogens is 3. The lowest BCUT2D eigenvalue weighted by atomic mass is 10.1. The Morgan fingerprint density at radius 1 is 1.43 bits per heavy atom. The van der Waals surface area contributed by atoms with Gasteiger partial charge in [-0.15, -0.1) is 10.2 Å². The van der Waals surface area contributed by atoms with E-state index in [1.807, 2.05) is 0 Å². The summed E-state index contributed by atoms with van der Waals surface area (Å²) in [6.07, 6.45) is 4.21. The largest absolute Gasteiger partial charge is 0.480 e. The molecule has 2 heterocycles. The molecule has 3 rings (SSSR count). The van der Waals surface area contributed by atoms with Crippen LogP contribution in [0.25, 0.3) is 5.65 Å². The maximum Gasteiger partial charge on any atom is 0.326 e. The number of nitrogens with one attached hydrogen (secondary N) is 1. The summed E-state index contributed by atoms with van der Waals surface area (Å²) in [4.78, 5) is 23.4. The van der Waals surface area contributed by atoms with Crippen LogP contribution in [0.4, 0.5) is 0 Å². The lowest BCUT2D eigenvalue weighted by Crippen LogP contribution is -2.41. The van der Waals surface area contributed by atoms with Crippen molar-refractivity contribution in [1.82, 2.24) is 19.9 Å². The van der Waals surface area contributed by atoms with Gasteiger partial charge in [0.15, 0.2) is 5.65 Å². The van der Waals surface area contributed by atoms with E-state index in [1.165, 1.54) is 0 Å². The van der Waals surface area contributed by atoms with E-state index in [9.17, 15) is 14.7 Å². The van der Waals surface area contributed by atoms with Gasteiger partial charge in [0.05, 0.1) is 5.56 Å². The van der Waals surface area contributed by atoms with Crippen LogP contribution in [0.2, 0.25) is 0 Å². The van der Waals surface area contributed by atoms with Crippen molar-refractivity contribution in [3.8, 4) is 0 Å². The lowest BCUT2D eigenvalue weighted by molar-refractivity contribution is -0.139. The molecule has 1 aliphatic rings. The number of hydrogen-bond donors (Lipinski definition) is 2. The van der Waals surface area contributed by atoms with Crippen LogP contribution in [0.1, 0.15) is 35.4 Å². The normalized spacial score (nSPS) is 15.9. The fourth-order valence-corrected chi connectivity index (χ4v) is 2.29. The third-order valence-electron chi connectivity index (χ3n) is 3.70. The van der Waals surface area contributed by atoms with Gasteiger partial charge in [-0.3, -0.25) is 9.20 Å². The fourth-order valence-electron chi connectivity index (χ4n) is 2.29. The Morgan fingerprint density at radius 3 is 2.86 bits per heavy atom. The number of hydrogen-bond acceptors (Lipinski definition) is 4. The predicted molar refractivity (Wildman–Crippen MR) is 74.0 cm³/mol. The maximum absolute atomic E-state index is 12.2. The van der Waals surface area contributed by atoms with Gasteiger partial charge >= 0.3 is 5.97 Å². The number of pyridine rings is 1. The van der Waals surface area contributed by atoms with Gasteiger partial charge in [-0.1, -0.05) is 12.8 Å². The topological polar surface area (TPSA) is 96.6 Å². The molecule has 1 fully saturated rings. The average Bonchev–Trinajstić information content (AvgIpc) is 3.20. The minimum Gasteiger partial charge on any atom is -0.480 e. The highest BCUT2D eigenvalue weighted by Crippen LogP contribution is 2.33. The average molecular weight is 288 g/mol. The number of rotatable bonds is 5. The molecule has 0 spiro atoms. The van der Waals surface area contributed by atoms with Crippen LogP contribution in [-0.4, -0.2) is 37.6 Å². The third kappa shape index (κ3) is 2.86. The first kappa shape index (κ1) is 13.5. The molecule has 2 N–H and O–H groups in total. The Bertz CT molecular complexity index is 705. The summed E-state index contributed by atoms with van der Waals surface area (Å²) in [6, 6.07) is 2.48. The van der Waals surface area contributed by atoms with Gasteiger partial charge in [0, 0.05) is 6.20 Å². The molecule has 0 radical (unpaired) electrons. The van der Waals surface area contributed by atoms with E-state index in [2.05, 4.69) is 15.5 Å². The highest BCUT2D eigenvalue weighted by atomic mass is 16.4. The summed E-state index contributed by atoms with van der Waals surface area (Å²) in [5.74, 6) is -0.281. The van der Waals surface area contributed by atoms with Gasteiger partial charge in [-0.05, 0) is 31.4 Å². The Hall–Kier alpha value is -2.44. The van der Waals surface area contributed by atoms with Gasteiger partial charge < -0.3 is 10.4 Å². The number of amides is 1. The summed E-state index contributed by atoms with van der Waals surface area (Å²) in [5.41, 5.74) is 1.05. The van der Waals surface area contributed by atoms with Crippen molar-refractivity contribution in [2.45, 2.75) is 32.2 Å². The molecular weight excluding hydrogens is 272 g/mol. The second-order valence-electron chi connectivity index (χ2n) is 5.44. The highest BCUT2D eigenvalue weighted by molar-refractivity contribution is 5.96. The van der Waals surface area contributed by atoms with Crippen LogP contribution in [0, 0.1) is 12.8 Å². The van der Waals surface area contributed by atoms with Crippen LogP contribution >= 0.6 is 0 Å². The number of carbonyl (C=O) groups excluding carboxylic acids is 1. The van der Waals surface area contributed by atoms with E-state index in [4.69, 9.17) is 0 Å². The van der Waals surface area contributed by atoms with E-state index in [0.717, 1.165) is 12.8 Å². The van der Waals surface area contributed by atoms with E-state index >= 15 is 0 Å². The van der Waals surface area contributed by atoms with Crippen molar-refractivity contribution < 1.29 is 14.7 Å². The fraction of sp³-hybridized carbons (Fsp3) is 0.429. The Morgan fingerprint density at radius 2 is 2.19 bits per heavy atom. The minimum atomic E-state index is -0.989. The van der Waals surface area contributed by atoms with Gasteiger partial charge in [-0.2, -0.15) is 0 Å². The van der Waals surface area contributed by atoms with Crippen LogP contribution in [-0.2, 0) is 4.79 Å². The molecule has 110 valence electrons. The number of carbonyl (C=O) groups is 2. The van der Waals surface area contributed by atoms with E-state index in [1.54, 1.807) is 29.7 Å². The van der Waals surface area contributed by atoms with Crippen LogP contribution in [0.3, 0.4) is 0 Å². The van der Waals surface area contributed by atoms with Gasteiger partial charge in [0.25, 0.3) is 5.91 Å². The molecule has 1 saturated carbocycles. The molecule has 0 bridgehead atoms. The maximum atomic E-state index is 12.2. The van der Waals surface area contributed by atoms with Crippen molar-refractivity contribution in [3.05, 3.63) is 29.7 Å². The summed E-state index contributed by atoms with van der Waals surface area (Å²) in [7, 11) is 0. The highest BCUT2D eigenvalue weighted by Gasteiger charge is 2.30. The summed E-state index contributed by atoms with van der Waals surface area (Å²) in [5, 5.41) is 19.6. The molecule has 21 heavy (non-hydrogen) atoms. The molecule has 1 atom stereocenters. The summed E-state index contributed by atoms with van der Waals surface area (Å²) in [6.45, 7) is 1.79. The molecule has 2 aromatic rings. The number of nitrogens with zero attached hydrogens (tertiary/aromatic N) is 3. The SMILES string of the molecule is Cc1nnc2ccc(C(=O)NC(CC3CC3)C(=O)O)cn12. The quantitative estimate of drug-likeness (QED) is 0.856. The second kappa shape index (κ2) is 5.16. The Balaban J connectivity index is 1.78. The van der Waals surface area contributed by atoms with Crippen molar-refractivity contribution in [1.29, 1.82) is 0 Å². The standard InChI is InChI=1S/C14H16N4O3/c1-8-16-17-12-5-4-10(7-18(8)12)13(19)15-11(14(20)21)6-9-2-3-9/h4-5,7,9,11H,2-3,6H2,1H3,(H,15,19)(H,20,21). The number of carboxylic acid groups (broad SMARTS) is 1. The van der Waals surface area contributed by atoms with Crippen LogP contribution < -0.4 is 5.32 Å². The smallest absolute Gasteiger partial charge is 0.326 e. The molecule has 2 aromatic heterocycles. The van der Waals surface area contributed by atoms with Crippen molar-refractivity contribution >= 4 is 17.5 Å². The number of fused-ring (bicyclic) bond motifs is 1. The molecule has 1 aliphatic carbocycles. The zero-order chi connectivity index (χ0) is 15.0. The summed E-state index contributed by atoms with van der Waals surface area (Å²) < 4.78 is 1.70. The summed E-state index contributed by atoms with van der Waals surface area (Å²) >= 11 is 0. The molecule has 0 saturated heterocycles. The first-order valence-electron chi connectivity index (χ1n) is 6.89. The van der Waals surface area contributed by atoms with Gasteiger partial charge in [0.2, 0.25) is 0 Å². The van der Waals surface area contributed by atoms with Crippen molar-refractivity contribution in [2.75, 3.05) is 0 Å². The molecule has 7 heteroatoms. The van der Waals surface area contributed by atoms with Crippen molar-refractivity contribution in [2.24, 2.45) is 5.92 Å². The molecular formula is C14H16N4O3. The Labute approximate surface area is 121 Å². The van der Waals surface area contributed by atoms with E-state index in [-0.39, 0.29) is 0 Å². The first-order chi connectivity index (χ1) is 10.0. The minimum absolute atomic E-state index is 0.391. The zero-order valence-corrected chi connectivity index (χ0v) is 11.6. The molecule has 1 amide bonds. The van der Waals surface area contributed by atoms with Crippen LogP contribution in [0.15, 0.2) is 18.3 Å². The number of carboxylic acids is 1. The Kier molecular flexibility index (Phi) is 3.32. The number of aliphatic carboxylic acids is 1. The van der Waals surface area contributed by atoms with E-state index < -0.39 is 17.9 Å². The lowest BCUT2D eigenvalue weighted by Gasteiger charge is -2.14. The van der Waals surface area contributed by atoms with Gasteiger partial charge in [0.1, 0.15) is 11.9 Å². The van der Waals surface area contributed by atoms with Gasteiger partial charge in [-0.25, -0.2) is 4.79 Å². The molecule has 1 unspecified atom stereocenters. The predicted octanol–water partition coefficient (Wildman–Crippen LogP) is 1.02. The molecule has 7 nitrogen and oxygen atoms in total. The third-order valence-corrected chi connectivity index (χ3v) is 3.70. The second-order valence-corrected chi connectivity index (χ2v) is 5.44. The monoisotopic (exact) mass is 288 g/mol. The molecule has 0 aliphatic heterocycles. The zero-order valence-electron chi connectivity index (χ0n) is 11.6. The number of aryl methyl sites for hydroxylation is 1. The molecule has 0 aromatic carbocycles.